The first-order chi connectivity index (χ1) is 8.49. The van der Waals surface area contributed by atoms with Gasteiger partial charge in [-0.2, -0.15) is 5.10 Å². The lowest BCUT2D eigenvalue weighted by molar-refractivity contribution is 0.108. The van der Waals surface area contributed by atoms with Crippen molar-refractivity contribution in [2.45, 2.75) is 59.3 Å². The third kappa shape index (κ3) is 3.71. The Morgan fingerprint density at radius 2 is 1.89 bits per heavy atom. The number of piperazine rings is 1. The fourth-order valence-corrected chi connectivity index (χ4v) is 2.62. The summed E-state index contributed by atoms with van der Waals surface area (Å²) in [6, 6.07) is 1.63. The summed E-state index contributed by atoms with van der Waals surface area (Å²) in [5, 5.41) is 8.08. The molecule has 1 fully saturated rings. The monoisotopic (exact) mass is 286 g/mol. The molecule has 110 valence electrons. The molecule has 19 heavy (non-hydrogen) atoms. The van der Waals surface area contributed by atoms with Crippen molar-refractivity contribution in [2.24, 2.45) is 0 Å². The van der Waals surface area contributed by atoms with Crippen LogP contribution in [0.4, 0.5) is 0 Å². The highest BCUT2D eigenvalue weighted by molar-refractivity contribution is 5.85. The van der Waals surface area contributed by atoms with E-state index in [0.29, 0.717) is 18.1 Å². The quantitative estimate of drug-likeness (QED) is 0.926. The van der Waals surface area contributed by atoms with E-state index in [1.165, 1.54) is 11.3 Å². The van der Waals surface area contributed by atoms with Gasteiger partial charge in [0.15, 0.2) is 0 Å². The van der Waals surface area contributed by atoms with Crippen molar-refractivity contribution in [3.05, 3.63) is 17.5 Å². The first kappa shape index (κ1) is 16.5. The van der Waals surface area contributed by atoms with Gasteiger partial charge in [0.05, 0.1) is 5.69 Å². The van der Waals surface area contributed by atoms with Crippen LogP contribution < -0.4 is 5.32 Å². The minimum absolute atomic E-state index is 0. The highest BCUT2D eigenvalue weighted by Crippen LogP contribution is 2.18. The minimum Gasteiger partial charge on any atom is -0.314 e. The predicted molar refractivity (Wildman–Crippen MR) is 81.9 cm³/mol. The summed E-state index contributed by atoms with van der Waals surface area (Å²) >= 11 is 0. The predicted octanol–water partition coefficient (Wildman–Crippen LogP) is 2.38. The van der Waals surface area contributed by atoms with Gasteiger partial charge in [0.25, 0.3) is 0 Å². The highest BCUT2D eigenvalue weighted by Gasteiger charge is 2.25. The maximum absolute atomic E-state index is 4.60. The molecule has 2 heterocycles. The van der Waals surface area contributed by atoms with Gasteiger partial charge in [-0.1, -0.05) is 0 Å². The number of halogens is 1. The van der Waals surface area contributed by atoms with Crippen molar-refractivity contribution in [1.29, 1.82) is 0 Å². The van der Waals surface area contributed by atoms with Gasteiger partial charge >= 0.3 is 0 Å². The van der Waals surface area contributed by atoms with Gasteiger partial charge in [-0.25, -0.2) is 0 Å². The van der Waals surface area contributed by atoms with E-state index in [1.807, 2.05) is 0 Å². The van der Waals surface area contributed by atoms with Crippen molar-refractivity contribution in [1.82, 2.24) is 20.0 Å². The molecule has 4 nitrogen and oxygen atoms in total. The van der Waals surface area contributed by atoms with E-state index in [9.17, 15) is 0 Å². The average molecular weight is 287 g/mol. The largest absolute Gasteiger partial charge is 0.314 e. The maximum atomic E-state index is 4.60. The second kappa shape index (κ2) is 6.73. The van der Waals surface area contributed by atoms with Crippen molar-refractivity contribution in [3.63, 3.8) is 0 Å². The van der Waals surface area contributed by atoms with Gasteiger partial charge < -0.3 is 5.32 Å². The average Bonchev–Trinajstić information content (AvgIpc) is 2.66. The smallest absolute Gasteiger partial charge is 0.0638 e. The molecule has 2 atom stereocenters. The molecule has 0 aliphatic carbocycles. The lowest BCUT2D eigenvalue weighted by Crippen LogP contribution is -2.54. The first-order valence-corrected chi connectivity index (χ1v) is 7.00. The van der Waals surface area contributed by atoms with Crippen LogP contribution in [0.15, 0.2) is 6.20 Å². The summed E-state index contributed by atoms with van der Waals surface area (Å²) in [5.41, 5.74) is 2.53. The molecule has 0 unspecified atom stereocenters. The Bertz CT molecular complexity index is 392. The van der Waals surface area contributed by atoms with E-state index in [0.717, 1.165) is 19.6 Å². The third-order valence-corrected chi connectivity index (χ3v) is 3.91. The van der Waals surface area contributed by atoms with Crippen molar-refractivity contribution in [3.8, 4) is 0 Å². The lowest BCUT2D eigenvalue weighted by atomic mass is 10.1. The summed E-state index contributed by atoms with van der Waals surface area (Å²) in [7, 11) is 0. The number of aromatic nitrogens is 2. The molecule has 0 radical (unpaired) electrons. The van der Waals surface area contributed by atoms with Crippen LogP contribution in [-0.2, 0) is 6.54 Å². The summed E-state index contributed by atoms with van der Waals surface area (Å²) in [6.07, 6.45) is 2.21. The van der Waals surface area contributed by atoms with E-state index in [4.69, 9.17) is 0 Å². The Balaban J connectivity index is 0.00000180. The van der Waals surface area contributed by atoms with Crippen LogP contribution in [0.3, 0.4) is 0 Å². The molecular formula is C14H27ClN4. The van der Waals surface area contributed by atoms with E-state index < -0.39 is 0 Å². The molecular weight excluding hydrogens is 260 g/mol. The fraction of sp³-hybridized carbons (Fsp3) is 0.786. The van der Waals surface area contributed by atoms with Gasteiger partial charge in [-0.05, 0) is 34.6 Å². The molecule has 1 N–H and O–H groups in total. The summed E-state index contributed by atoms with van der Waals surface area (Å²) in [5.74, 6) is 0. The van der Waals surface area contributed by atoms with Crippen molar-refractivity contribution in [2.75, 3.05) is 13.1 Å². The molecule has 0 saturated carbocycles. The van der Waals surface area contributed by atoms with Crippen LogP contribution in [-0.4, -0.2) is 39.9 Å². The van der Waals surface area contributed by atoms with Crippen LogP contribution in [0.25, 0.3) is 0 Å². The van der Waals surface area contributed by atoms with Crippen LogP contribution >= 0.6 is 12.4 Å². The molecule has 0 aromatic carbocycles. The topological polar surface area (TPSA) is 33.1 Å². The van der Waals surface area contributed by atoms with E-state index in [-0.39, 0.29) is 12.4 Å². The van der Waals surface area contributed by atoms with E-state index in [2.05, 4.69) is 60.8 Å². The lowest BCUT2D eigenvalue weighted by Gasteiger charge is -2.39. The number of rotatable bonds is 3. The van der Waals surface area contributed by atoms with Crippen molar-refractivity contribution >= 4 is 12.4 Å². The maximum Gasteiger partial charge on any atom is 0.0638 e. The molecule has 1 aliphatic rings. The van der Waals surface area contributed by atoms with Crippen LogP contribution in [0.5, 0.6) is 0 Å². The van der Waals surface area contributed by atoms with Crippen LogP contribution in [0.1, 0.15) is 45.0 Å². The molecule has 2 rings (SSSR count). The number of nitrogens with one attached hydrogen (secondary N) is 1. The van der Waals surface area contributed by atoms with Gasteiger partial charge in [0.1, 0.15) is 0 Å². The zero-order valence-corrected chi connectivity index (χ0v) is 13.5. The normalized spacial score (nSPS) is 24.5. The third-order valence-electron chi connectivity index (χ3n) is 3.91. The Hall–Kier alpha value is -0.580. The Kier molecular flexibility index (Phi) is 5.83. The zero-order valence-electron chi connectivity index (χ0n) is 12.7. The Morgan fingerprint density at radius 3 is 2.37 bits per heavy atom. The second-order valence-corrected chi connectivity index (χ2v) is 5.84. The number of nitrogens with zero attached hydrogens (tertiary/aromatic N) is 3. The molecule has 5 heteroatoms. The standard InChI is InChI=1S/C14H26N4.ClH/c1-10(2)18-9-14(13(5)16-18)8-17-11(3)6-15-7-12(17)4;/h9-12,15H,6-8H2,1-5H3;1H/t11-,12+;. The van der Waals surface area contributed by atoms with E-state index >= 15 is 0 Å². The van der Waals surface area contributed by atoms with Gasteiger partial charge in [0.2, 0.25) is 0 Å². The molecule has 1 saturated heterocycles. The zero-order chi connectivity index (χ0) is 13.3. The van der Waals surface area contributed by atoms with Gasteiger partial charge in [-0.3, -0.25) is 9.58 Å². The molecule has 0 spiro atoms. The van der Waals surface area contributed by atoms with Crippen LogP contribution in [0, 0.1) is 6.92 Å². The Morgan fingerprint density at radius 1 is 1.32 bits per heavy atom. The second-order valence-electron chi connectivity index (χ2n) is 5.84. The number of aryl methyl sites for hydroxylation is 1. The molecule has 0 bridgehead atoms. The minimum atomic E-state index is 0. The molecule has 1 aliphatic heterocycles. The summed E-state index contributed by atoms with van der Waals surface area (Å²) < 4.78 is 2.07. The Labute approximate surface area is 123 Å². The number of hydrogen-bond acceptors (Lipinski definition) is 3. The number of hydrogen-bond donors (Lipinski definition) is 1. The SMILES string of the molecule is Cc1nn(C(C)C)cc1CN1[C@H](C)CNC[C@@H]1C.Cl. The molecule has 1 aromatic rings. The van der Waals surface area contributed by atoms with Crippen molar-refractivity contribution < 1.29 is 0 Å². The fourth-order valence-electron chi connectivity index (χ4n) is 2.62. The van der Waals surface area contributed by atoms with Gasteiger partial charge in [0, 0.05) is 49.5 Å². The summed E-state index contributed by atoms with van der Waals surface area (Å²) in [6.45, 7) is 14.2. The highest BCUT2D eigenvalue weighted by atomic mass is 35.5. The van der Waals surface area contributed by atoms with Gasteiger partial charge in [-0.15, -0.1) is 12.4 Å². The van der Waals surface area contributed by atoms with Crippen LogP contribution in [0.2, 0.25) is 0 Å². The molecule has 1 aromatic heterocycles. The van der Waals surface area contributed by atoms with E-state index in [1.54, 1.807) is 0 Å². The summed E-state index contributed by atoms with van der Waals surface area (Å²) in [4.78, 5) is 2.57. The first-order valence-electron chi connectivity index (χ1n) is 7.00. The molecule has 0 amide bonds.